The lowest BCUT2D eigenvalue weighted by molar-refractivity contribution is 0.0999. The van der Waals surface area contributed by atoms with E-state index in [1.54, 1.807) is 0 Å². The highest BCUT2D eigenvalue weighted by atomic mass is 16.6. The Kier molecular flexibility index (Phi) is 4.03. The minimum Gasteiger partial charge on any atom is -0.486 e. The second-order valence-corrected chi connectivity index (χ2v) is 6.26. The fraction of sp³-hybridized carbons (Fsp3) is 0.389. The molecular weight excluding hydrogens is 292 g/mol. The van der Waals surface area contributed by atoms with Gasteiger partial charge in [0, 0.05) is 23.5 Å². The van der Waals surface area contributed by atoms with Crippen LogP contribution in [0.4, 0.5) is 0 Å². The first-order valence-electron chi connectivity index (χ1n) is 7.87. The van der Waals surface area contributed by atoms with Gasteiger partial charge in [0.15, 0.2) is 11.5 Å². The molecule has 2 heterocycles. The van der Waals surface area contributed by atoms with E-state index in [2.05, 4.69) is 18.4 Å². The zero-order chi connectivity index (χ0) is 16.6. The summed E-state index contributed by atoms with van der Waals surface area (Å²) >= 11 is 0. The van der Waals surface area contributed by atoms with E-state index in [1.807, 2.05) is 31.2 Å². The molecule has 0 spiro atoms. The summed E-state index contributed by atoms with van der Waals surface area (Å²) < 4.78 is 13.4. The van der Waals surface area contributed by atoms with E-state index in [9.17, 15) is 4.79 Å². The van der Waals surface area contributed by atoms with Crippen LogP contribution in [0, 0.1) is 12.8 Å². The van der Waals surface area contributed by atoms with Crippen molar-refractivity contribution in [3.05, 3.63) is 35.5 Å². The highest BCUT2D eigenvalue weighted by Gasteiger charge is 2.19. The average molecular weight is 314 g/mol. The van der Waals surface area contributed by atoms with E-state index in [0.717, 1.165) is 35.0 Å². The van der Waals surface area contributed by atoms with Crippen molar-refractivity contribution in [1.82, 2.24) is 4.57 Å². The summed E-state index contributed by atoms with van der Waals surface area (Å²) in [5.41, 5.74) is 8.95. The fourth-order valence-electron chi connectivity index (χ4n) is 2.94. The van der Waals surface area contributed by atoms with E-state index in [4.69, 9.17) is 15.2 Å². The van der Waals surface area contributed by atoms with Gasteiger partial charge in [-0.25, -0.2) is 0 Å². The molecule has 0 radical (unpaired) electrons. The maximum absolute atomic E-state index is 11.7. The molecule has 3 rings (SSSR count). The normalized spacial score (nSPS) is 13.4. The molecule has 1 aliphatic heterocycles. The molecule has 0 fully saturated rings. The van der Waals surface area contributed by atoms with Gasteiger partial charge in [-0.2, -0.15) is 0 Å². The van der Waals surface area contributed by atoms with E-state index in [1.165, 1.54) is 0 Å². The van der Waals surface area contributed by atoms with Crippen LogP contribution in [-0.4, -0.2) is 23.7 Å². The van der Waals surface area contributed by atoms with Gasteiger partial charge in [-0.15, -0.1) is 0 Å². The first kappa shape index (κ1) is 15.5. The molecule has 0 unspecified atom stereocenters. The third-order valence-corrected chi connectivity index (χ3v) is 4.02. The number of hydrogen-bond acceptors (Lipinski definition) is 3. The Labute approximate surface area is 136 Å². The van der Waals surface area contributed by atoms with E-state index < -0.39 is 5.91 Å². The molecule has 23 heavy (non-hydrogen) atoms. The predicted molar refractivity (Wildman–Crippen MR) is 89.0 cm³/mol. The summed E-state index contributed by atoms with van der Waals surface area (Å²) in [6.07, 6.45) is 0. The molecule has 5 nitrogen and oxygen atoms in total. The Morgan fingerprint density at radius 3 is 2.57 bits per heavy atom. The number of rotatable bonds is 4. The van der Waals surface area contributed by atoms with Crippen molar-refractivity contribution >= 4 is 5.91 Å². The molecule has 0 atom stereocenters. The van der Waals surface area contributed by atoms with Crippen molar-refractivity contribution in [2.75, 3.05) is 13.2 Å². The molecular formula is C18H22N2O3. The second-order valence-electron chi connectivity index (χ2n) is 6.26. The highest BCUT2D eigenvalue weighted by Crippen LogP contribution is 2.36. The Hall–Kier alpha value is -2.43. The molecule has 122 valence electrons. The minimum absolute atomic E-state index is 0.399. The van der Waals surface area contributed by atoms with Crippen LogP contribution in [0.25, 0.3) is 11.3 Å². The van der Waals surface area contributed by atoms with Crippen molar-refractivity contribution in [3.8, 4) is 22.8 Å². The van der Waals surface area contributed by atoms with Gasteiger partial charge in [0.25, 0.3) is 5.91 Å². The number of carbonyl (C=O) groups is 1. The van der Waals surface area contributed by atoms with E-state index in [-0.39, 0.29) is 0 Å². The van der Waals surface area contributed by atoms with Gasteiger partial charge in [-0.3, -0.25) is 4.79 Å². The van der Waals surface area contributed by atoms with Gasteiger partial charge in [0.05, 0.1) is 5.56 Å². The molecule has 1 amide bonds. The molecule has 2 N–H and O–H groups in total. The molecule has 0 saturated carbocycles. The van der Waals surface area contributed by atoms with Crippen LogP contribution in [0.15, 0.2) is 24.3 Å². The second kappa shape index (κ2) is 5.99. The lowest BCUT2D eigenvalue weighted by atomic mass is 10.1. The number of nitrogens with zero attached hydrogens (tertiary/aromatic N) is 1. The molecule has 1 aromatic carbocycles. The van der Waals surface area contributed by atoms with Crippen LogP contribution in [-0.2, 0) is 6.54 Å². The van der Waals surface area contributed by atoms with Gasteiger partial charge in [-0.1, -0.05) is 13.8 Å². The Bertz CT molecular complexity index is 747. The van der Waals surface area contributed by atoms with Crippen LogP contribution in [0.3, 0.4) is 0 Å². The summed E-state index contributed by atoms with van der Waals surface area (Å²) in [6.45, 7) is 8.18. The first-order valence-corrected chi connectivity index (χ1v) is 7.87. The molecule has 1 aromatic heterocycles. The van der Waals surface area contributed by atoms with Crippen LogP contribution in [0.5, 0.6) is 11.5 Å². The molecule has 1 aliphatic rings. The summed E-state index contributed by atoms with van der Waals surface area (Å²) in [6, 6.07) is 7.73. The average Bonchev–Trinajstić information content (AvgIpc) is 2.83. The molecule has 2 aromatic rings. The van der Waals surface area contributed by atoms with E-state index in [0.29, 0.717) is 24.7 Å². The predicted octanol–water partition coefficient (Wildman–Crippen LogP) is 2.99. The van der Waals surface area contributed by atoms with Crippen molar-refractivity contribution in [2.45, 2.75) is 27.3 Å². The summed E-state index contributed by atoms with van der Waals surface area (Å²) in [5.74, 6) is 1.56. The van der Waals surface area contributed by atoms with Crippen LogP contribution in [0.1, 0.15) is 29.9 Å². The largest absolute Gasteiger partial charge is 0.486 e. The van der Waals surface area contributed by atoms with Crippen molar-refractivity contribution < 1.29 is 14.3 Å². The quantitative estimate of drug-likeness (QED) is 0.943. The Morgan fingerprint density at radius 2 is 1.91 bits per heavy atom. The molecule has 0 bridgehead atoms. The maximum atomic E-state index is 11.7. The zero-order valence-electron chi connectivity index (χ0n) is 13.8. The number of nitrogens with two attached hydrogens (primary N) is 1. The summed E-state index contributed by atoms with van der Waals surface area (Å²) in [7, 11) is 0. The fourth-order valence-corrected chi connectivity index (χ4v) is 2.94. The van der Waals surface area contributed by atoms with Gasteiger partial charge in [-0.05, 0) is 37.1 Å². The number of hydrogen-bond donors (Lipinski definition) is 1. The minimum atomic E-state index is -0.399. The van der Waals surface area contributed by atoms with Gasteiger partial charge in [0.1, 0.15) is 13.2 Å². The summed E-state index contributed by atoms with van der Waals surface area (Å²) in [5, 5.41) is 0. The number of benzene rings is 1. The number of primary amides is 1. The van der Waals surface area contributed by atoms with Crippen molar-refractivity contribution in [1.29, 1.82) is 0 Å². The van der Waals surface area contributed by atoms with Gasteiger partial charge >= 0.3 is 0 Å². The molecule has 5 heteroatoms. The number of fused-ring (bicyclic) bond motifs is 1. The lowest BCUT2D eigenvalue weighted by Crippen LogP contribution is -2.15. The van der Waals surface area contributed by atoms with Crippen LogP contribution >= 0.6 is 0 Å². The zero-order valence-corrected chi connectivity index (χ0v) is 13.8. The highest BCUT2D eigenvalue weighted by molar-refractivity contribution is 5.95. The van der Waals surface area contributed by atoms with Crippen molar-refractivity contribution in [3.63, 3.8) is 0 Å². The number of ether oxygens (including phenoxy) is 2. The lowest BCUT2D eigenvalue weighted by Gasteiger charge is -2.20. The van der Waals surface area contributed by atoms with E-state index >= 15 is 0 Å². The van der Waals surface area contributed by atoms with Gasteiger partial charge in [0.2, 0.25) is 0 Å². The summed E-state index contributed by atoms with van der Waals surface area (Å²) in [4.78, 5) is 11.7. The standard InChI is InChI=1S/C18H22N2O3/c1-11(2)10-20-12(3)14(18(19)21)9-15(20)13-4-5-16-17(8-13)23-7-6-22-16/h4-5,8-9,11H,6-7,10H2,1-3H3,(H2,19,21). The number of carbonyl (C=O) groups excluding carboxylic acids is 1. The third-order valence-electron chi connectivity index (χ3n) is 4.02. The monoisotopic (exact) mass is 314 g/mol. The Balaban J connectivity index is 2.11. The molecule has 0 saturated heterocycles. The first-order chi connectivity index (χ1) is 11.0. The van der Waals surface area contributed by atoms with Gasteiger partial charge < -0.3 is 19.8 Å². The number of amides is 1. The smallest absolute Gasteiger partial charge is 0.250 e. The Morgan fingerprint density at radius 1 is 1.22 bits per heavy atom. The van der Waals surface area contributed by atoms with Crippen LogP contribution in [0.2, 0.25) is 0 Å². The third kappa shape index (κ3) is 2.91. The molecule has 0 aliphatic carbocycles. The SMILES string of the molecule is Cc1c(C(N)=O)cc(-c2ccc3c(c2)OCCO3)n1CC(C)C. The van der Waals surface area contributed by atoms with Crippen LogP contribution < -0.4 is 15.2 Å². The topological polar surface area (TPSA) is 66.5 Å². The maximum Gasteiger partial charge on any atom is 0.250 e. The van der Waals surface area contributed by atoms with Crippen molar-refractivity contribution in [2.24, 2.45) is 11.7 Å². The number of aromatic nitrogens is 1.